The standard InChI is InChI=1S/C17H14ClFO2/c1-10-17(12-4-2-3-5-16(12)21-10)15(20)9-11-6-7-13(18)14(19)8-11/h2-8,15,20H,9H2,1H3. The Kier molecular flexibility index (Phi) is 3.70. The summed E-state index contributed by atoms with van der Waals surface area (Å²) < 4.78 is 19.1. The predicted octanol–water partition coefficient (Wildman–Crippen LogP) is 4.81. The van der Waals surface area contributed by atoms with E-state index in [2.05, 4.69) is 0 Å². The van der Waals surface area contributed by atoms with Crippen molar-refractivity contribution in [2.45, 2.75) is 19.4 Å². The van der Waals surface area contributed by atoms with Crippen LogP contribution in [0.3, 0.4) is 0 Å². The number of aliphatic hydroxyl groups excluding tert-OH is 1. The van der Waals surface area contributed by atoms with Gasteiger partial charge in [0.1, 0.15) is 17.2 Å². The van der Waals surface area contributed by atoms with Gasteiger partial charge in [0, 0.05) is 17.4 Å². The molecule has 0 aliphatic heterocycles. The van der Waals surface area contributed by atoms with E-state index in [0.29, 0.717) is 17.7 Å². The highest BCUT2D eigenvalue weighted by Gasteiger charge is 2.19. The van der Waals surface area contributed by atoms with Gasteiger partial charge in [-0.1, -0.05) is 35.9 Å². The van der Waals surface area contributed by atoms with Crippen molar-refractivity contribution in [1.29, 1.82) is 0 Å². The van der Waals surface area contributed by atoms with Crippen LogP contribution in [0.1, 0.15) is 23.0 Å². The summed E-state index contributed by atoms with van der Waals surface area (Å²) in [5.74, 6) is 0.202. The highest BCUT2D eigenvalue weighted by molar-refractivity contribution is 6.30. The monoisotopic (exact) mass is 304 g/mol. The first-order valence-electron chi connectivity index (χ1n) is 6.66. The van der Waals surface area contributed by atoms with Gasteiger partial charge in [0.25, 0.3) is 0 Å². The molecule has 3 rings (SSSR count). The molecule has 4 heteroatoms. The van der Waals surface area contributed by atoms with E-state index in [1.807, 2.05) is 31.2 Å². The quantitative estimate of drug-likeness (QED) is 0.753. The van der Waals surface area contributed by atoms with Crippen molar-refractivity contribution in [3.05, 3.63) is 70.2 Å². The zero-order valence-electron chi connectivity index (χ0n) is 11.4. The van der Waals surface area contributed by atoms with Crippen LogP contribution in [0.15, 0.2) is 46.9 Å². The molecule has 1 aromatic heterocycles. The average Bonchev–Trinajstić information content (AvgIpc) is 2.78. The summed E-state index contributed by atoms with van der Waals surface area (Å²) in [6.45, 7) is 1.82. The highest BCUT2D eigenvalue weighted by atomic mass is 35.5. The maximum absolute atomic E-state index is 13.5. The molecule has 1 atom stereocenters. The Morgan fingerprint density at radius 2 is 2.00 bits per heavy atom. The molecule has 0 amide bonds. The van der Waals surface area contributed by atoms with Crippen molar-refractivity contribution in [3.8, 4) is 0 Å². The minimum Gasteiger partial charge on any atom is -0.461 e. The third-order valence-corrected chi connectivity index (χ3v) is 3.87. The van der Waals surface area contributed by atoms with Crippen molar-refractivity contribution in [2.75, 3.05) is 0 Å². The summed E-state index contributed by atoms with van der Waals surface area (Å²) in [4.78, 5) is 0. The average molecular weight is 305 g/mol. The number of rotatable bonds is 3. The van der Waals surface area contributed by atoms with Gasteiger partial charge < -0.3 is 9.52 Å². The van der Waals surface area contributed by atoms with E-state index in [-0.39, 0.29) is 5.02 Å². The second-order valence-electron chi connectivity index (χ2n) is 5.04. The van der Waals surface area contributed by atoms with Crippen LogP contribution >= 0.6 is 11.6 Å². The van der Waals surface area contributed by atoms with E-state index in [1.165, 1.54) is 12.1 Å². The molecule has 1 N–H and O–H groups in total. The minimum absolute atomic E-state index is 0.0816. The largest absolute Gasteiger partial charge is 0.461 e. The van der Waals surface area contributed by atoms with Crippen molar-refractivity contribution in [2.24, 2.45) is 0 Å². The Bertz CT molecular complexity index is 795. The SMILES string of the molecule is Cc1oc2ccccc2c1C(O)Cc1ccc(Cl)c(F)c1. The summed E-state index contributed by atoms with van der Waals surface area (Å²) in [6.07, 6.45) is -0.451. The molecule has 1 heterocycles. The molecular weight excluding hydrogens is 291 g/mol. The molecule has 108 valence electrons. The number of halogens is 2. The molecular formula is C17H14ClFO2. The van der Waals surface area contributed by atoms with Crippen LogP contribution in [0.5, 0.6) is 0 Å². The van der Waals surface area contributed by atoms with Crippen LogP contribution in [-0.4, -0.2) is 5.11 Å². The van der Waals surface area contributed by atoms with Gasteiger partial charge in [-0.2, -0.15) is 0 Å². The van der Waals surface area contributed by atoms with E-state index in [1.54, 1.807) is 6.07 Å². The Labute approximate surface area is 126 Å². The first kappa shape index (κ1) is 14.1. The summed E-state index contributed by atoms with van der Waals surface area (Å²) in [5.41, 5.74) is 2.18. The van der Waals surface area contributed by atoms with Gasteiger partial charge in [-0.05, 0) is 30.7 Å². The molecule has 21 heavy (non-hydrogen) atoms. The molecule has 0 saturated carbocycles. The third kappa shape index (κ3) is 2.67. The Hall–Kier alpha value is -1.84. The molecule has 0 aliphatic rings. The first-order valence-corrected chi connectivity index (χ1v) is 7.04. The molecule has 1 unspecified atom stereocenters. The number of furan rings is 1. The van der Waals surface area contributed by atoms with Crippen LogP contribution in [0.25, 0.3) is 11.0 Å². The third-order valence-electron chi connectivity index (χ3n) is 3.57. The van der Waals surface area contributed by atoms with Crippen LogP contribution < -0.4 is 0 Å². The number of hydrogen-bond donors (Lipinski definition) is 1. The number of hydrogen-bond acceptors (Lipinski definition) is 2. The molecule has 0 bridgehead atoms. The van der Waals surface area contributed by atoms with Crippen molar-refractivity contribution >= 4 is 22.6 Å². The molecule has 0 fully saturated rings. The van der Waals surface area contributed by atoms with Gasteiger partial charge in [0.2, 0.25) is 0 Å². The van der Waals surface area contributed by atoms with E-state index < -0.39 is 11.9 Å². The summed E-state index contributed by atoms with van der Waals surface area (Å²) in [5, 5.41) is 11.5. The molecule has 0 saturated heterocycles. The fraction of sp³-hybridized carbons (Fsp3) is 0.176. The topological polar surface area (TPSA) is 33.4 Å². The van der Waals surface area contributed by atoms with Gasteiger partial charge in [0.15, 0.2) is 0 Å². The second-order valence-corrected chi connectivity index (χ2v) is 5.44. The molecule has 2 nitrogen and oxygen atoms in total. The number of aliphatic hydroxyl groups is 1. The minimum atomic E-state index is -0.755. The van der Waals surface area contributed by atoms with Crippen molar-refractivity contribution in [1.82, 2.24) is 0 Å². The maximum atomic E-state index is 13.5. The van der Waals surface area contributed by atoms with Crippen LogP contribution in [0.2, 0.25) is 5.02 Å². The van der Waals surface area contributed by atoms with E-state index in [9.17, 15) is 9.50 Å². The molecule has 3 aromatic rings. The molecule has 0 spiro atoms. The lowest BCUT2D eigenvalue weighted by Gasteiger charge is -2.11. The lowest BCUT2D eigenvalue weighted by molar-refractivity contribution is 0.177. The van der Waals surface area contributed by atoms with Gasteiger partial charge >= 0.3 is 0 Å². The lowest BCUT2D eigenvalue weighted by atomic mass is 9.99. The number of fused-ring (bicyclic) bond motifs is 1. The zero-order chi connectivity index (χ0) is 15.0. The second kappa shape index (κ2) is 5.51. The fourth-order valence-corrected chi connectivity index (χ4v) is 2.71. The van der Waals surface area contributed by atoms with Gasteiger partial charge in [-0.3, -0.25) is 0 Å². The van der Waals surface area contributed by atoms with E-state index >= 15 is 0 Å². The Balaban J connectivity index is 1.95. The Morgan fingerprint density at radius 3 is 2.76 bits per heavy atom. The number of benzene rings is 2. The van der Waals surface area contributed by atoms with Gasteiger partial charge in [-0.25, -0.2) is 4.39 Å². The lowest BCUT2D eigenvalue weighted by Crippen LogP contribution is -2.03. The van der Waals surface area contributed by atoms with Crippen LogP contribution in [0.4, 0.5) is 4.39 Å². The van der Waals surface area contributed by atoms with Gasteiger partial charge in [-0.15, -0.1) is 0 Å². The van der Waals surface area contributed by atoms with Crippen molar-refractivity contribution in [3.63, 3.8) is 0 Å². The first-order chi connectivity index (χ1) is 10.1. The number of para-hydroxylation sites is 1. The zero-order valence-corrected chi connectivity index (χ0v) is 12.2. The molecule has 0 aliphatic carbocycles. The summed E-state index contributed by atoms with van der Waals surface area (Å²) in [6, 6.07) is 12.1. The summed E-state index contributed by atoms with van der Waals surface area (Å²) >= 11 is 5.67. The smallest absolute Gasteiger partial charge is 0.142 e. The highest BCUT2D eigenvalue weighted by Crippen LogP contribution is 2.32. The van der Waals surface area contributed by atoms with Crippen LogP contribution in [-0.2, 0) is 6.42 Å². The maximum Gasteiger partial charge on any atom is 0.142 e. The van der Waals surface area contributed by atoms with E-state index in [0.717, 1.165) is 16.5 Å². The van der Waals surface area contributed by atoms with Gasteiger partial charge in [0.05, 0.1) is 11.1 Å². The molecule has 2 aromatic carbocycles. The Morgan fingerprint density at radius 1 is 1.24 bits per heavy atom. The van der Waals surface area contributed by atoms with E-state index in [4.69, 9.17) is 16.0 Å². The predicted molar refractivity (Wildman–Crippen MR) is 81.0 cm³/mol. The normalized spacial score (nSPS) is 12.8. The summed E-state index contributed by atoms with van der Waals surface area (Å²) in [7, 11) is 0. The number of aryl methyl sites for hydroxylation is 1. The van der Waals surface area contributed by atoms with Crippen LogP contribution in [0, 0.1) is 12.7 Å². The molecule has 0 radical (unpaired) electrons. The fourth-order valence-electron chi connectivity index (χ4n) is 2.59. The van der Waals surface area contributed by atoms with Crippen molar-refractivity contribution < 1.29 is 13.9 Å².